The lowest BCUT2D eigenvalue weighted by molar-refractivity contribution is -0.119. The van der Waals surface area contributed by atoms with E-state index in [9.17, 15) is 4.79 Å². The summed E-state index contributed by atoms with van der Waals surface area (Å²) in [7, 11) is 0. The lowest BCUT2D eigenvalue weighted by Gasteiger charge is -2.37. The molecule has 3 nitrogen and oxygen atoms in total. The molecule has 22 heavy (non-hydrogen) atoms. The van der Waals surface area contributed by atoms with Crippen LogP contribution < -0.4 is 5.32 Å². The van der Waals surface area contributed by atoms with Crippen molar-refractivity contribution < 1.29 is 4.79 Å². The topological polar surface area (TPSA) is 32.3 Å². The Morgan fingerprint density at radius 1 is 1.23 bits per heavy atom. The van der Waals surface area contributed by atoms with Crippen molar-refractivity contribution in [3.8, 4) is 0 Å². The van der Waals surface area contributed by atoms with Crippen LogP contribution in [-0.4, -0.2) is 42.4 Å². The van der Waals surface area contributed by atoms with E-state index in [4.69, 9.17) is 11.6 Å². The highest BCUT2D eigenvalue weighted by atomic mass is 35.5. The molecule has 1 aromatic rings. The molecule has 1 aromatic carbocycles. The van der Waals surface area contributed by atoms with E-state index in [2.05, 4.69) is 24.1 Å². The van der Waals surface area contributed by atoms with E-state index in [1.165, 1.54) is 0 Å². The second-order valence-corrected chi connectivity index (χ2v) is 6.34. The van der Waals surface area contributed by atoms with Crippen LogP contribution in [0, 0.1) is 0 Å². The maximum Gasteiger partial charge on any atom is 0.138 e. The third-order valence-corrected chi connectivity index (χ3v) is 4.09. The molecule has 0 bridgehead atoms. The normalized spacial score (nSPS) is 23.4. The monoisotopic (exact) mass is 324 g/mol. The van der Waals surface area contributed by atoms with Crippen LogP contribution in [0.25, 0.3) is 0 Å². The van der Waals surface area contributed by atoms with Crippen LogP contribution in [0.15, 0.2) is 24.3 Å². The Hall–Kier alpha value is -0.900. The van der Waals surface area contributed by atoms with Crippen LogP contribution in [0.1, 0.15) is 46.1 Å². The number of hydrogen-bond acceptors (Lipinski definition) is 3. The van der Waals surface area contributed by atoms with E-state index in [0.717, 1.165) is 25.2 Å². The van der Waals surface area contributed by atoms with E-state index < -0.39 is 0 Å². The zero-order valence-corrected chi connectivity index (χ0v) is 15.2. The Balaban J connectivity index is 0.00000116. The molecule has 3 unspecified atom stereocenters. The fraction of sp³-hybridized carbons (Fsp3) is 0.611. The van der Waals surface area contributed by atoms with Crippen LogP contribution in [0.2, 0.25) is 5.02 Å². The summed E-state index contributed by atoms with van der Waals surface area (Å²) >= 11 is 5.92. The summed E-state index contributed by atoms with van der Waals surface area (Å²) in [5, 5.41) is 4.22. The molecule has 1 saturated heterocycles. The van der Waals surface area contributed by atoms with Crippen LogP contribution >= 0.6 is 11.6 Å². The molecule has 2 rings (SSSR count). The fourth-order valence-electron chi connectivity index (χ4n) is 3.01. The molecule has 0 aromatic heterocycles. The van der Waals surface area contributed by atoms with Crippen LogP contribution in [0.3, 0.4) is 0 Å². The van der Waals surface area contributed by atoms with Gasteiger partial charge in [0.15, 0.2) is 0 Å². The summed E-state index contributed by atoms with van der Waals surface area (Å²) in [6.45, 7) is 12.8. The minimum atomic E-state index is -0.0650. The van der Waals surface area contributed by atoms with Gasteiger partial charge in [-0.1, -0.05) is 37.6 Å². The number of hydrogen-bond donors (Lipinski definition) is 1. The van der Waals surface area contributed by atoms with Gasteiger partial charge in [0.05, 0.1) is 5.92 Å². The quantitative estimate of drug-likeness (QED) is 0.916. The highest BCUT2D eigenvalue weighted by Gasteiger charge is 2.26. The largest absolute Gasteiger partial charge is 0.309 e. The molecule has 3 atom stereocenters. The lowest BCUT2D eigenvalue weighted by Crippen LogP contribution is -2.55. The SMILES string of the molecule is CC.CC(=O)C(CN1CC(C)NC(C)C1)c1ccc(Cl)cc1. The predicted molar refractivity (Wildman–Crippen MR) is 94.7 cm³/mol. The first-order chi connectivity index (χ1) is 10.5. The number of rotatable bonds is 4. The molecular formula is C18H29ClN2O. The zero-order valence-electron chi connectivity index (χ0n) is 14.4. The van der Waals surface area contributed by atoms with E-state index in [0.29, 0.717) is 17.1 Å². The van der Waals surface area contributed by atoms with Gasteiger partial charge in [-0.3, -0.25) is 9.69 Å². The van der Waals surface area contributed by atoms with Gasteiger partial charge in [-0.2, -0.15) is 0 Å². The second-order valence-electron chi connectivity index (χ2n) is 5.90. The van der Waals surface area contributed by atoms with Crippen LogP contribution in [-0.2, 0) is 4.79 Å². The van der Waals surface area contributed by atoms with Gasteiger partial charge < -0.3 is 5.32 Å². The molecular weight excluding hydrogens is 296 g/mol. The Labute approximate surface area is 140 Å². The summed E-state index contributed by atoms with van der Waals surface area (Å²) in [4.78, 5) is 14.4. The van der Waals surface area contributed by atoms with Crippen molar-refractivity contribution in [3.63, 3.8) is 0 Å². The van der Waals surface area contributed by atoms with Gasteiger partial charge >= 0.3 is 0 Å². The van der Waals surface area contributed by atoms with E-state index in [-0.39, 0.29) is 11.7 Å². The first-order valence-electron chi connectivity index (χ1n) is 8.20. The second kappa shape index (κ2) is 9.29. The molecule has 1 fully saturated rings. The number of ketones is 1. The van der Waals surface area contributed by atoms with E-state index in [1.807, 2.05) is 38.1 Å². The summed E-state index contributed by atoms with van der Waals surface area (Å²) in [6.07, 6.45) is 0. The highest BCUT2D eigenvalue weighted by molar-refractivity contribution is 6.30. The number of nitrogens with one attached hydrogen (secondary N) is 1. The lowest BCUT2D eigenvalue weighted by atomic mass is 9.94. The molecule has 1 N–H and O–H groups in total. The summed E-state index contributed by atoms with van der Waals surface area (Å²) in [6, 6.07) is 8.58. The van der Waals surface area contributed by atoms with Crippen molar-refractivity contribution in [2.45, 2.75) is 52.6 Å². The van der Waals surface area contributed by atoms with Gasteiger partial charge in [0.2, 0.25) is 0 Å². The van der Waals surface area contributed by atoms with Crippen molar-refractivity contribution in [3.05, 3.63) is 34.9 Å². The minimum Gasteiger partial charge on any atom is -0.309 e. The molecule has 4 heteroatoms. The summed E-state index contributed by atoms with van der Waals surface area (Å²) in [5.41, 5.74) is 1.06. The molecule has 0 radical (unpaired) electrons. The van der Waals surface area contributed by atoms with Gasteiger partial charge in [0.1, 0.15) is 5.78 Å². The van der Waals surface area contributed by atoms with Crippen molar-refractivity contribution in [1.82, 2.24) is 10.2 Å². The standard InChI is InChI=1S/C16H23ClN2O.C2H6/c1-11-8-19(9-12(2)18-11)10-16(13(3)20)14-4-6-15(17)7-5-14;1-2/h4-7,11-12,16,18H,8-10H2,1-3H3;1-2H3. The fourth-order valence-corrected chi connectivity index (χ4v) is 3.14. The van der Waals surface area contributed by atoms with E-state index in [1.54, 1.807) is 6.92 Å². The predicted octanol–water partition coefficient (Wildman–Crippen LogP) is 3.72. The number of carbonyl (C=O) groups is 1. The zero-order chi connectivity index (χ0) is 16.7. The molecule has 124 valence electrons. The maximum atomic E-state index is 12.0. The number of benzene rings is 1. The smallest absolute Gasteiger partial charge is 0.138 e. The van der Waals surface area contributed by atoms with Crippen molar-refractivity contribution in [1.29, 1.82) is 0 Å². The average Bonchev–Trinajstić information content (AvgIpc) is 2.47. The molecule has 0 aliphatic carbocycles. The third kappa shape index (κ3) is 5.71. The number of piperazine rings is 1. The van der Waals surface area contributed by atoms with Gasteiger partial charge in [-0.05, 0) is 38.5 Å². The number of nitrogens with zero attached hydrogens (tertiary/aromatic N) is 1. The number of carbonyl (C=O) groups excluding carboxylic acids is 1. The van der Waals surface area contributed by atoms with Crippen molar-refractivity contribution >= 4 is 17.4 Å². The molecule has 0 amide bonds. The van der Waals surface area contributed by atoms with Crippen molar-refractivity contribution in [2.24, 2.45) is 0 Å². The molecule has 0 spiro atoms. The highest BCUT2D eigenvalue weighted by Crippen LogP contribution is 2.21. The minimum absolute atomic E-state index is 0.0650. The van der Waals surface area contributed by atoms with Crippen LogP contribution in [0.4, 0.5) is 0 Å². The summed E-state index contributed by atoms with van der Waals surface area (Å²) < 4.78 is 0. The third-order valence-electron chi connectivity index (χ3n) is 3.84. The van der Waals surface area contributed by atoms with Gasteiger partial charge in [0.25, 0.3) is 0 Å². The van der Waals surface area contributed by atoms with E-state index >= 15 is 0 Å². The average molecular weight is 325 g/mol. The Morgan fingerprint density at radius 2 is 1.73 bits per heavy atom. The summed E-state index contributed by atoms with van der Waals surface area (Å²) in [5.74, 6) is 0.149. The van der Waals surface area contributed by atoms with Gasteiger partial charge in [0, 0.05) is 36.7 Å². The van der Waals surface area contributed by atoms with Crippen molar-refractivity contribution in [2.75, 3.05) is 19.6 Å². The maximum absolute atomic E-state index is 12.0. The van der Waals surface area contributed by atoms with Gasteiger partial charge in [-0.15, -0.1) is 0 Å². The molecule has 0 saturated carbocycles. The first-order valence-corrected chi connectivity index (χ1v) is 8.58. The van der Waals surface area contributed by atoms with Gasteiger partial charge in [-0.25, -0.2) is 0 Å². The molecule has 1 aliphatic rings. The molecule has 1 heterocycles. The molecule has 1 aliphatic heterocycles. The Kier molecular flexibility index (Phi) is 8.08. The number of halogens is 1. The number of Topliss-reactive ketones (excluding diaryl/α,β-unsaturated/α-hetero) is 1. The Morgan fingerprint density at radius 3 is 2.18 bits per heavy atom. The first kappa shape index (κ1) is 19.1. The van der Waals surface area contributed by atoms with Crippen LogP contribution in [0.5, 0.6) is 0 Å². The Bertz CT molecular complexity index is 451.